The number of rotatable bonds is 6. The lowest BCUT2D eigenvalue weighted by molar-refractivity contribution is 0.103. The van der Waals surface area contributed by atoms with Crippen LogP contribution in [0.1, 0.15) is 26.3 Å². The van der Waals surface area contributed by atoms with Crippen molar-refractivity contribution in [2.45, 2.75) is 39.5 Å². The first-order valence-corrected chi connectivity index (χ1v) is 7.12. The van der Waals surface area contributed by atoms with Gasteiger partial charge in [0.2, 0.25) is 0 Å². The molecule has 0 aliphatic heterocycles. The molecule has 0 saturated carbocycles. The van der Waals surface area contributed by atoms with Gasteiger partial charge in [0.05, 0.1) is 17.7 Å². The Labute approximate surface area is 123 Å². The second-order valence-corrected chi connectivity index (χ2v) is 5.86. The van der Waals surface area contributed by atoms with Crippen LogP contribution in [0.15, 0.2) is 16.6 Å². The first kappa shape index (κ1) is 16.3. The van der Waals surface area contributed by atoms with Gasteiger partial charge in [-0.3, -0.25) is 4.90 Å². The number of ether oxygens (including phenoxy) is 1. The predicted molar refractivity (Wildman–Crippen MR) is 79.6 cm³/mol. The second-order valence-electron chi connectivity index (χ2n) is 5.00. The lowest BCUT2D eigenvalue weighted by atomic mass is 10.1. The molecule has 1 aromatic rings. The smallest absolute Gasteiger partial charge is 0.172 e. The van der Waals surface area contributed by atoms with Crippen molar-refractivity contribution >= 4 is 15.9 Å². The summed E-state index contributed by atoms with van der Waals surface area (Å²) < 4.78 is 5.76. The Morgan fingerprint density at radius 3 is 2.42 bits per heavy atom. The van der Waals surface area contributed by atoms with E-state index in [0.717, 1.165) is 5.56 Å². The fourth-order valence-corrected chi connectivity index (χ4v) is 2.40. The summed E-state index contributed by atoms with van der Waals surface area (Å²) in [5.74, 6) is 0.558. The fourth-order valence-electron chi connectivity index (χ4n) is 1.91. The number of aromatic hydroxyl groups is 1. The Morgan fingerprint density at radius 1 is 1.32 bits per heavy atom. The lowest BCUT2D eigenvalue weighted by Gasteiger charge is -2.28. The van der Waals surface area contributed by atoms with Crippen LogP contribution in [0, 0.1) is 0 Å². The molecular weight excluding hydrogens is 310 g/mol. The van der Waals surface area contributed by atoms with Gasteiger partial charge >= 0.3 is 0 Å². The average molecular weight is 332 g/mol. The zero-order valence-corrected chi connectivity index (χ0v) is 13.4. The third kappa shape index (κ3) is 4.67. The molecule has 1 atom stereocenters. The molecule has 0 aliphatic carbocycles. The first-order valence-electron chi connectivity index (χ1n) is 6.32. The van der Waals surface area contributed by atoms with Crippen LogP contribution in [-0.4, -0.2) is 40.9 Å². The van der Waals surface area contributed by atoms with Gasteiger partial charge in [-0.05, 0) is 54.4 Å². The Balaban J connectivity index is 2.93. The number of phenols is 1. The molecule has 1 aromatic carbocycles. The summed E-state index contributed by atoms with van der Waals surface area (Å²) in [5, 5.41) is 19.3. The van der Waals surface area contributed by atoms with E-state index < -0.39 is 0 Å². The van der Waals surface area contributed by atoms with Crippen LogP contribution in [0.2, 0.25) is 0 Å². The monoisotopic (exact) mass is 331 g/mol. The van der Waals surface area contributed by atoms with Crippen LogP contribution in [-0.2, 0) is 6.54 Å². The van der Waals surface area contributed by atoms with Crippen molar-refractivity contribution in [2.75, 3.05) is 13.7 Å². The summed E-state index contributed by atoms with van der Waals surface area (Å²) >= 11 is 3.32. The van der Waals surface area contributed by atoms with Crippen molar-refractivity contribution in [2.24, 2.45) is 0 Å². The number of aliphatic hydroxyl groups excluding tert-OH is 1. The van der Waals surface area contributed by atoms with Crippen molar-refractivity contribution in [3.05, 3.63) is 22.2 Å². The Bertz CT molecular complexity index is 421. The number of benzene rings is 1. The Hall–Kier alpha value is -0.780. The van der Waals surface area contributed by atoms with Gasteiger partial charge < -0.3 is 14.9 Å². The molecule has 108 valence electrons. The highest BCUT2D eigenvalue weighted by atomic mass is 79.9. The molecule has 0 aromatic heterocycles. The predicted octanol–water partition coefficient (Wildman–Crippen LogP) is 2.75. The second kappa shape index (κ2) is 7.12. The summed E-state index contributed by atoms with van der Waals surface area (Å²) in [6, 6.07) is 4.01. The quantitative estimate of drug-likeness (QED) is 0.841. The van der Waals surface area contributed by atoms with Gasteiger partial charge in [0.15, 0.2) is 11.5 Å². The number of phenolic OH excluding ortho intramolecular Hbond substituents is 1. The topological polar surface area (TPSA) is 52.9 Å². The largest absolute Gasteiger partial charge is 0.503 e. The van der Waals surface area contributed by atoms with E-state index in [1.54, 1.807) is 6.92 Å². The third-order valence-corrected chi connectivity index (χ3v) is 3.53. The Morgan fingerprint density at radius 2 is 1.95 bits per heavy atom. The van der Waals surface area contributed by atoms with Gasteiger partial charge in [-0.25, -0.2) is 0 Å². The summed E-state index contributed by atoms with van der Waals surface area (Å²) in [6.07, 6.45) is -0.371. The molecule has 0 aliphatic rings. The van der Waals surface area contributed by atoms with E-state index in [-0.39, 0.29) is 11.9 Å². The number of methoxy groups -OCH3 is 1. The molecule has 4 nitrogen and oxygen atoms in total. The van der Waals surface area contributed by atoms with E-state index in [0.29, 0.717) is 29.4 Å². The molecule has 0 heterocycles. The van der Waals surface area contributed by atoms with E-state index in [4.69, 9.17) is 4.74 Å². The van der Waals surface area contributed by atoms with Crippen LogP contribution < -0.4 is 4.74 Å². The van der Waals surface area contributed by atoms with Crippen LogP contribution in [0.3, 0.4) is 0 Å². The summed E-state index contributed by atoms with van der Waals surface area (Å²) in [6.45, 7) is 7.27. The highest BCUT2D eigenvalue weighted by Crippen LogP contribution is 2.35. The maximum atomic E-state index is 9.79. The molecule has 2 N–H and O–H groups in total. The zero-order valence-electron chi connectivity index (χ0n) is 11.9. The van der Waals surface area contributed by atoms with Gasteiger partial charge in [-0.1, -0.05) is 0 Å². The average Bonchev–Trinajstić information content (AvgIpc) is 2.31. The van der Waals surface area contributed by atoms with Gasteiger partial charge in [-0.2, -0.15) is 0 Å². The minimum absolute atomic E-state index is 0.109. The maximum Gasteiger partial charge on any atom is 0.172 e. The van der Waals surface area contributed by atoms with Gasteiger partial charge in [0.1, 0.15) is 0 Å². The normalized spacial score (nSPS) is 13.1. The van der Waals surface area contributed by atoms with Gasteiger partial charge in [0, 0.05) is 19.1 Å². The summed E-state index contributed by atoms with van der Waals surface area (Å²) in [5.41, 5.74) is 1.02. The number of hydrogen-bond acceptors (Lipinski definition) is 4. The number of halogens is 1. The minimum atomic E-state index is -0.371. The minimum Gasteiger partial charge on any atom is -0.503 e. The SMILES string of the molecule is COc1cc(CN(CC(C)O)C(C)C)cc(Br)c1O. The molecule has 0 amide bonds. The standard InChI is InChI=1S/C14H22BrNO3/c1-9(2)16(7-10(3)17)8-11-5-12(15)14(18)13(6-11)19-4/h5-6,9-10,17-18H,7-8H2,1-4H3. The first-order chi connectivity index (χ1) is 8.85. The number of hydrogen-bond donors (Lipinski definition) is 2. The molecule has 0 radical (unpaired) electrons. The van der Waals surface area contributed by atoms with Crippen molar-refractivity contribution in [3.8, 4) is 11.5 Å². The van der Waals surface area contributed by atoms with Crippen LogP contribution in [0.5, 0.6) is 11.5 Å². The van der Waals surface area contributed by atoms with E-state index >= 15 is 0 Å². The van der Waals surface area contributed by atoms with Crippen molar-refractivity contribution < 1.29 is 14.9 Å². The van der Waals surface area contributed by atoms with Crippen molar-refractivity contribution in [3.63, 3.8) is 0 Å². The van der Waals surface area contributed by atoms with E-state index in [9.17, 15) is 10.2 Å². The molecule has 0 fully saturated rings. The van der Waals surface area contributed by atoms with Crippen molar-refractivity contribution in [1.29, 1.82) is 0 Å². The molecule has 0 bridgehead atoms. The van der Waals surface area contributed by atoms with Gasteiger partial charge in [0.25, 0.3) is 0 Å². The van der Waals surface area contributed by atoms with E-state index in [1.165, 1.54) is 7.11 Å². The molecule has 19 heavy (non-hydrogen) atoms. The highest BCUT2D eigenvalue weighted by Gasteiger charge is 2.15. The fraction of sp³-hybridized carbons (Fsp3) is 0.571. The molecule has 1 rings (SSSR count). The third-order valence-electron chi connectivity index (χ3n) is 2.92. The van der Waals surface area contributed by atoms with Crippen LogP contribution in [0.4, 0.5) is 0 Å². The van der Waals surface area contributed by atoms with Crippen molar-refractivity contribution in [1.82, 2.24) is 4.90 Å². The summed E-state index contributed by atoms with van der Waals surface area (Å²) in [4.78, 5) is 2.17. The Kier molecular flexibility index (Phi) is 6.10. The zero-order chi connectivity index (χ0) is 14.6. The van der Waals surface area contributed by atoms with Gasteiger partial charge in [-0.15, -0.1) is 0 Å². The summed E-state index contributed by atoms with van der Waals surface area (Å²) in [7, 11) is 1.53. The molecular formula is C14H22BrNO3. The number of nitrogens with zero attached hydrogens (tertiary/aromatic N) is 1. The maximum absolute atomic E-state index is 9.79. The van der Waals surface area contributed by atoms with Crippen LogP contribution in [0.25, 0.3) is 0 Å². The molecule has 1 unspecified atom stereocenters. The molecule has 0 spiro atoms. The number of aliphatic hydroxyl groups is 1. The molecule has 0 saturated heterocycles. The molecule has 5 heteroatoms. The van der Waals surface area contributed by atoms with Crippen LogP contribution >= 0.6 is 15.9 Å². The lowest BCUT2D eigenvalue weighted by Crippen LogP contribution is -2.36. The highest BCUT2D eigenvalue weighted by molar-refractivity contribution is 9.10. The van der Waals surface area contributed by atoms with E-state index in [2.05, 4.69) is 34.7 Å². The van der Waals surface area contributed by atoms with E-state index in [1.807, 2.05) is 12.1 Å².